The number of hydrogen-bond donors (Lipinski definition) is 2. The fourth-order valence-corrected chi connectivity index (χ4v) is 2.60. The first kappa shape index (κ1) is 13.0. The quantitative estimate of drug-likeness (QED) is 0.619. The van der Waals surface area contributed by atoms with E-state index in [1.807, 2.05) is 6.07 Å². The molecule has 0 spiro atoms. The number of thiophene rings is 1. The molecule has 1 heterocycles. The van der Waals surface area contributed by atoms with Crippen molar-refractivity contribution in [2.75, 3.05) is 0 Å². The molecule has 0 radical (unpaired) electrons. The smallest absolute Gasteiger partial charge is 0.0931 e. The second-order valence-electron chi connectivity index (χ2n) is 4.47. The summed E-state index contributed by atoms with van der Waals surface area (Å²) in [6.07, 6.45) is 2.04. The molecule has 15 heavy (non-hydrogen) atoms. The van der Waals surface area contributed by atoms with Gasteiger partial charge in [-0.05, 0) is 30.4 Å². The summed E-state index contributed by atoms with van der Waals surface area (Å²) in [5, 5.41) is 0. The van der Waals surface area contributed by atoms with Crippen LogP contribution in [0.4, 0.5) is 0 Å². The second kappa shape index (κ2) is 5.30. The molecular formula is C11H19ClN2S. The van der Waals surface area contributed by atoms with Crippen LogP contribution in [0.3, 0.4) is 0 Å². The van der Waals surface area contributed by atoms with Crippen LogP contribution in [0.5, 0.6) is 0 Å². The minimum atomic E-state index is 0.200. The van der Waals surface area contributed by atoms with Gasteiger partial charge in [0.1, 0.15) is 0 Å². The molecule has 0 saturated carbocycles. The Hall–Kier alpha value is -0.0900. The van der Waals surface area contributed by atoms with E-state index in [-0.39, 0.29) is 11.5 Å². The molecule has 0 bridgehead atoms. The van der Waals surface area contributed by atoms with Gasteiger partial charge in [-0.2, -0.15) is 0 Å². The highest BCUT2D eigenvalue weighted by Gasteiger charge is 2.27. The van der Waals surface area contributed by atoms with Gasteiger partial charge in [0.2, 0.25) is 0 Å². The standard InChI is InChI=1S/C11H19ClN2S/c1-4-11(2,3)9(14-13)7-8-5-6-10(12)15-8/h5-6,9,14H,4,7,13H2,1-3H3. The maximum atomic E-state index is 5.90. The number of halogens is 1. The molecule has 3 N–H and O–H groups in total. The van der Waals surface area contributed by atoms with Crippen molar-refractivity contribution in [2.45, 2.75) is 39.7 Å². The van der Waals surface area contributed by atoms with Gasteiger partial charge in [-0.1, -0.05) is 32.4 Å². The Morgan fingerprint density at radius 3 is 2.60 bits per heavy atom. The summed E-state index contributed by atoms with van der Waals surface area (Å²) in [5.74, 6) is 5.61. The third-order valence-corrected chi connectivity index (χ3v) is 4.34. The SMILES string of the molecule is CCC(C)(C)C(Cc1ccc(Cl)s1)NN. The molecule has 4 heteroatoms. The fraction of sp³-hybridized carbons (Fsp3) is 0.636. The fourth-order valence-electron chi connectivity index (χ4n) is 1.47. The molecule has 0 fully saturated rings. The van der Waals surface area contributed by atoms with Crippen molar-refractivity contribution in [1.29, 1.82) is 0 Å². The van der Waals surface area contributed by atoms with Crippen molar-refractivity contribution in [3.63, 3.8) is 0 Å². The second-order valence-corrected chi connectivity index (χ2v) is 6.27. The molecule has 0 aromatic carbocycles. The summed E-state index contributed by atoms with van der Waals surface area (Å²) in [5.41, 5.74) is 3.11. The zero-order chi connectivity index (χ0) is 11.5. The first-order valence-corrected chi connectivity index (χ1v) is 6.39. The topological polar surface area (TPSA) is 38.0 Å². The normalized spacial score (nSPS) is 14.2. The van der Waals surface area contributed by atoms with Gasteiger partial charge < -0.3 is 0 Å². The summed E-state index contributed by atoms with van der Waals surface area (Å²) >= 11 is 7.53. The third-order valence-electron chi connectivity index (χ3n) is 3.09. The van der Waals surface area contributed by atoms with Crippen LogP contribution in [0.2, 0.25) is 4.34 Å². The monoisotopic (exact) mass is 246 g/mol. The van der Waals surface area contributed by atoms with Gasteiger partial charge in [-0.25, -0.2) is 0 Å². The van der Waals surface area contributed by atoms with Gasteiger partial charge in [-0.3, -0.25) is 11.3 Å². The molecule has 1 rings (SSSR count). The zero-order valence-electron chi connectivity index (χ0n) is 9.51. The van der Waals surface area contributed by atoms with E-state index in [1.165, 1.54) is 4.88 Å². The number of hydrogen-bond acceptors (Lipinski definition) is 3. The van der Waals surface area contributed by atoms with Crippen LogP contribution in [0.1, 0.15) is 32.1 Å². The first-order valence-electron chi connectivity index (χ1n) is 5.20. The van der Waals surface area contributed by atoms with Crippen molar-refractivity contribution in [1.82, 2.24) is 5.43 Å². The van der Waals surface area contributed by atoms with E-state index in [9.17, 15) is 0 Å². The van der Waals surface area contributed by atoms with Gasteiger partial charge in [0.15, 0.2) is 0 Å². The van der Waals surface area contributed by atoms with Crippen LogP contribution in [0.25, 0.3) is 0 Å². The van der Waals surface area contributed by atoms with Crippen LogP contribution in [-0.4, -0.2) is 6.04 Å². The molecule has 0 saturated heterocycles. The summed E-state index contributed by atoms with van der Waals surface area (Å²) in [6.45, 7) is 6.64. The highest BCUT2D eigenvalue weighted by atomic mass is 35.5. The maximum Gasteiger partial charge on any atom is 0.0931 e. The summed E-state index contributed by atoms with van der Waals surface area (Å²) in [7, 11) is 0. The Balaban J connectivity index is 2.69. The average Bonchev–Trinajstić information content (AvgIpc) is 2.60. The molecule has 1 aromatic heterocycles. The Morgan fingerprint density at radius 1 is 1.53 bits per heavy atom. The van der Waals surface area contributed by atoms with Crippen molar-refractivity contribution >= 4 is 22.9 Å². The highest BCUT2D eigenvalue weighted by Crippen LogP contribution is 2.30. The molecule has 1 aromatic rings. The third kappa shape index (κ3) is 3.45. The van der Waals surface area contributed by atoms with E-state index in [0.29, 0.717) is 0 Å². The summed E-state index contributed by atoms with van der Waals surface area (Å²) in [4.78, 5) is 1.28. The van der Waals surface area contributed by atoms with E-state index < -0.39 is 0 Å². The van der Waals surface area contributed by atoms with E-state index in [4.69, 9.17) is 17.4 Å². The van der Waals surface area contributed by atoms with Crippen molar-refractivity contribution < 1.29 is 0 Å². The van der Waals surface area contributed by atoms with E-state index >= 15 is 0 Å². The molecular weight excluding hydrogens is 228 g/mol. The molecule has 0 aliphatic rings. The summed E-state index contributed by atoms with van der Waals surface area (Å²) < 4.78 is 0.843. The highest BCUT2D eigenvalue weighted by molar-refractivity contribution is 7.16. The lowest BCUT2D eigenvalue weighted by Gasteiger charge is -2.32. The van der Waals surface area contributed by atoms with Crippen molar-refractivity contribution in [3.05, 3.63) is 21.3 Å². The molecule has 1 unspecified atom stereocenters. The van der Waals surface area contributed by atoms with Gasteiger partial charge in [0.25, 0.3) is 0 Å². The van der Waals surface area contributed by atoms with Crippen LogP contribution in [0.15, 0.2) is 12.1 Å². The van der Waals surface area contributed by atoms with E-state index in [0.717, 1.165) is 17.2 Å². The zero-order valence-corrected chi connectivity index (χ0v) is 11.1. The minimum absolute atomic E-state index is 0.200. The van der Waals surface area contributed by atoms with Gasteiger partial charge >= 0.3 is 0 Å². The van der Waals surface area contributed by atoms with Crippen LogP contribution < -0.4 is 11.3 Å². The van der Waals surface area contributed by atoms with Crippen LogP contribution in [0, 0.1) is 5.41 Å². The predicted molar refractivity (Wildman–Crippen MR) is 68.2 cm³/mol. The molecule has 86 valence electrons. The van der Waals surface area contributed by atoms with Gasteiger partial charge in [-0.15, -0.1) is 11.3 Å². The van der Waals surface area contributed by atoms with Gasteiger partial charge in [0.05, 0.1) is 4.34 Å². The maximum absolute atomic E-state index is 5.90. The van der Waals surface area contributed by atoms with Crippen LogP contribution >= 0.6 is 22.9 Å². The van der Waals surface area contributed by atoms with E-state index in [1.54, 1.807) is 11.3 Å². The van der Waals surface area contributed by atoms with Gasteiger partial charge in [0, 0.05) is 10.9 Å². The van der Waals surface area contributed by atoms with Crippen LogP contribution in [-0.2, 0) is 6.42 Å². The number of nitrogens with one attached hydrogen (secondary N) is 1. The Labute approximate surface area is 101 Å². The Morgan fingerprint density at radius 2 is 2.20 bits per heavy atom. The number of hydrazine groups is 1. The lowest BCUT2D eigenvalue weighted by molar-refractivity contribution is 0.232. The van der Waals surface area contributed by atoms with Crippen molar-refractivity contribution in [2.24, 2.45) is 11.3 Å². The molecule has 0 aliphatic heterocycles. The minimum Gasteiger partial charge on any atom is -0.271 e. The Kier molecular flexibility index (Phi) is 4.59. The number of rotatable bonds is 5. The average molecular weight is 247 g/mol. The van der Waals surface area contributed by atoms with E-state index in [2.05, 4.69) is 32.3 Å². The first-order chi connectivity index (χ1) is 6.99. The predicted octanol–water partition coefficient (Wildman–Crippen LogP) is 3.21. The lowest BCUT2D eigenvalue weighted by atomic mass is 9.80. The number of nitrogens with two attached hydrogens (primary N) is 1. The molecule has 0 amide bonds. The molecule has 0 aliphatic carbocycles. The summed E-state index contributed by atoms with van der Waals surface area (Å²) in [6, 6.07) is 4.30. The van der Waals surface area contributed by atoms with Crippen molar-refractivity contribution in [3.8, 4) is 0 Å². The molecule has 1 atom stereocenters. The largest absolute Gasteiger partial charge is 0.271 e. The molecule has 2 nitrogen and oxygen atoms in total. The Bertz CT molecular complexity index is 309. The lowest BCUT2D eigenvalue weighted by Crippen LogP contribution is -2.46.